The Morgan fingerprint density at radius 3 is 2.76 bits per heavy atom. The van der Waals surface area contributed by atoms with E-state index >= 15 is 0 Å². The van der Waals surface area contributed by atoms with Crippen molar-refractivity contribution in [3.8, 4) is 0 Å². The number of halogens is 1. The molecule has 0 saturated carbocycles. The van der Waals surface area contributed by atoms with Crippen LogP contribution < -0.4 is 0 Å². The van der Waals surface area contributed by atoms with Crippen molar-refractivity contribution in [3.05, 3.63) is 65.7 Å². The third-order valence-corrected chi connectivity index (χ3v) is 3.48. The molecule has 0 bridgehead atoms. The molecule has 1 amide bonds. The Hall–Kier alpha value is -2.27. The molecule has 108 valence electrons. The molecule has 2 aromatic rings. The van der Waals surface area contributed by atoms with Crippen LogP contribution in [-0.2, 0) is 4.74 Å². The highest BCUT2D eigenvalue weighted by atomic mass is 19.1. The first-order chi connectivity index (χ1) is 10.2. The van der Waals surface area contributed by atoms with Gasteiger partial charge in [0.15, 0.2) is 0 Å². The number of amides is 1. The van der Waals surface area contributed by atoms with Crippen molar-refractivity contribution in [1.29, 1.82) is 0 Å². The molecule has 0 aliphatic carbocycles. The lowest BCUT2D eigenvalue weighted by Gasteiger charge is -2.33. The van der Waals surface area contributed by atoms with Crippen LogP contribution in [0.25, 0.3) is 0 Å². The van der Waals surface area contributed by atoms with Gasteiger partial charge in [-0.05, 0) is 29.8 Å². The van der Waals surface area contributed by atoms with E-state index < -0.39 is 0 Å². The zero-order valence-electron chi connectivity index (χ0n) is 11.4. The number of hydrogen-bond acceptors (Lipinski definition) is 3. The zero-order valence-corrected chi connectivity index (χ0v) is 11.4. The summed E-state index contributed by atoms with van der Waals surface area (Å²) in [6.07, 6.45) is 1.37. The fourth-order valence-electron chi connectivity index (χ4n) is 2.36. The number of pyridine rings is 1. The van der Waals surface area contributed by atoms with E-state index in [2.05, 4.69) is 4.98 Å². The van der Waals surface area contributed by atoms with Gasteiger partial charge in [-0.3, -0.25) is 9.78 Å². The van der Waals surface area contributed by atoms with Gasteiger partial charge in [0.2, 0.25) is 0 Å². The maximum atomic E-state index is 13.0. The summed E-state index contributed by atoms with van der Waals surface area (Å²) >= 11 is 0. The molecule has 0 radical (unpaired) electrons. The number of benzene rings is 1. The van der Waals surface area contributed by atoms with Gasteiger partial charge in [-0.15, -0.1) is 0 Å². The largest absolute Gasteiger partial charge is 0.370 e. The lowest BCUT2D eigenvalue weighted by molar-refractivity contribution is -0.0230. The van der Waals surface area contributed by atoms with E-state index in [1.54, 1.807) is 41.4 Å². The van der Waals surface area contributed by atoms with Gasteiger partial charge in [0.05, 0.1) is 13.2 Å². The molecule has 1 saturated heterocycles. The van der Waals surface area contributed by atoms with Crippen LogP contribution in [0.4, 0.5) is 4.39 Å². The number of ether oxygens (including phenoxy) is 1. The van der Waals surface area contributed by atoms with Crippen molar-refractivity contribution >= 4 is 5.91 Å². The molecule has 1 aliphatic heterocycles. The molecular weight excluding hydrogens is 271 g/mol. The fraction of sp³-hybridized carbons (Fsp3) is 0.250. The Kier molecular flexibility index (Phi) is 3.92. The lowest BCUT2D eigenvalue weighted by atomic mass is 10.1. The number of carbonyl (C=O) groups is 1. The van der Waals surface area contributed by atoms with Crippen molar-refractivity contribution < 1.29 is 13.9 Å². The molecule has 1 fully saturated rings. The minimum absolute atomic E-state index is 0.106. The van der Waals surface area contributed by atoms with Crippen molar-refractivity contribution in [2.45, 2.75) is 6.10 Å². The molecule has 3 rings (SSSR count). The molecule has 0 unspecified atom stereocenters. The molecule has 0 spiro atoms. The molecule has 1 aromatic heterocycles. The normalized spacial score (nSPS) is 18.5. The van der Waals surface area contributed by atoms with Crippen LogP contribution in [0.5, 0.6) is 0 Å². The standard InChI is InChI=1S/C16H15FN2O2/c17-13-6-4-12(5-7-13)15-11-19(9-10-21-15)16(20)14-3-1-2-8-18-14/h1-8,15H,9-11H2/t15-/m0/s1. The lowest BCUT2D eigenvalue weighted by Crippen LogP contribution is -2.42. The maximum Gasteiger partial charge on any atom is 0.272 e. The molecule has 21 heavy (non-hydrogen) atoms. The van der Waals surface area contributed by atoms with Crippen molar-refractivity contribution in [2.75, 3.05) is 19.7 Å². The van der Waals surface area contributed by atoms with Gasteiger partial charge in [0.25, 0.3) is 5.91 Å². The average molecular weight is 286 g/mol. The number of hydrogen-bond donors (Lipinski definition) is 0. The summed E-state index contributed by atoms with van der Waals surface area (Å²) in [5.74, 6) is -0.387. The predicted molar refractivity (Wildman–Crippen MR) is 75.2 cm³/mol. The summed E-state index contributed by atoms with van der Waals surface area (Å²) in [5, 5.41) is 0. The van der Waals surface area contributed by atoms with E-state index in [0.29, 0.717) is 25.4 Å². The first-order valence-corrected chi connectivity index (χ1v) is 6.81. The van der Waals surface area contributed by atoms with Gasteiger partial charge in [0, 0.05) is 12.7 Å². The third kappa shape index (κ3) is 3.08. The minimum Gasteiger partial charge on any atom is -0.370 e. The van der Waals surface area contributed by atoms with Gasteiger partial charge in [-0.25, -0.2) is 4.39 Å². The molecule has 0 N–H and O–H groups in total. The van der Waals surface area contributed by atoms with E-state index in [9.17, 15) is 9.18 Å². The highest BCUT2D eigenvalue weighted by Crippen LogP contribution is 2.23. The Morgan fingerprint density at radius 1 is 1.24 bits per heavy atom. The van der Waals surface area contributed by atoms with Crippen LogP contribution >= 0.6 is 0 Å². The summed E-state index contributed by atoms with van der Waals surface area (Å²) in [5.41, 5.74) is 1.30. The van der Waals surface area contributed by atoms with Gasteiger partial charge in [0.1, 0.15) is 17.6 Å². The number of nitrogens with zero attached hydrogens (tertiary/aromatic N) is 2. The molecule has 5 heteroatoms. The van der Waals surface area contributed by atoms with E-state index in [4.69, 9.17) is 4.74 Å². The molecular formula is C16H15FN2O2. The first-order valence-electron chi connectivity index (χ1n) is 6.81. The second kappa shape index (κ2) is 6.01. The predicted octanol–water partition coefficient (Wildman–Crippen LogP) is 2.43. The SMILES string of the molecule is O=C(c1ccccn1)N1CCO[C@H](c2ccc(F)cc2)C1. The number of morpholine rings is 1. The average Bonchev–Trinajstić information content (AvgIpc) is 2.56. The maximum absolute atomic E-state index is 13.0. The molecule has 1 aromatic carbocycles. The highest BCUT2D eigenvalue weighted by Gasteiger charge is 2.26. The third-order valence-electron chi connectivity index (χ3n) is 3.48. The Labute approximate surface area is 122 Å². The Morgan fingerprint density at radius 2 is 2.05 bits per heavy atom. The first kappa shape index (κ1) is 13.7. The number of rotatable bonds is 2. The van der Waals surface area contributed by atoms with Crippen molar-refractivity contribution in [1.82, 2.24) is 9.88 Å². The Bertz CT molecular complexity index is 616. The summed E-state index contributed by atoms with van der Waals surface area (Å²) in [4.78, 5) is 18.2. The quantitative estimate of drug-likeness (QED) is 0.851. The van der Waals surface area contributed by atoms with Crippen LogP contribution in [0.2, 0.25) is 0 Å². The number of carbonyl (C=O) groups excluding carboxylic acids is 1. The van der Waals surface area contributed by atoms with E-state index in [-0.39, 0.29) is 17.8 Å². The minimum atomic E-state index is -0.282. The second-order valence-corrected chi connectivity index (χ2v) is 4.88. The summed E-state index contributed by atoms with van der Waals surface area (Å²) in [6, 6.07) is 11.4. The topological polar surface area (TPSA) is 42.4 Å². The molecule has 4 nitrogen and oxygen atoms in total. The molecule has 1 aliphatic rings. The molecule has 1 atom stereocenters. The fourth-order valence-corrected chi connectivity index (χ4v) is 2.36. The highest BCUT2D eigenvalue weighted by molar-refractivity contribution is 5.92. The van der Waals surface area contributed by atoms with Gasteiger partial charge in [-0.1, -0.05) is 18.2 Å². The van der Waals surface area contributed by atoms with Gasteiger partial charge < -0.3 is 9.64 Å². The smallest absolute Gasteiger partial charge is 0.272 e. The Balaban J connectivity index is 1.74. The number of aromatic nitrogens is 1. The molecule has 2 heterocycles. The van der Waals surface area contributed by atoms with Crippen LogP contribution in [0, 0.1) is 5.82 Å². The van der Waals surface area contributed by atoms with Crippen molar-refractivity contribution in [2.24, 2.45) is 0 Å². The van der Waals surface area contributed by atoms with E-state index in [1.165, 1.54) is 12.1 Å². The van der Waals surface area contributed by atoms with Gasteiger partial charge in [-0.2, -0.15) is 0 Å². The van der Waals surface area contributed by atoms with Gasteiger partial charge >= 0.3 is 0 Å². The summed E-state index contributed by atoms with van der Waals surface area (Å²) in [6.45, 7) is 1.44. The van der Waals surface area contributed by atoms with Crippen LogP contribution in [0.1, 0.15) is 22.2 Å². The monoisotopic (exact) mass is 286 g/mol. The summed E-state index contributed by atoms with van der Waals surface area (Å²) < 4.78 is 18.6. The van der Waals surface area contributed by atoms with E-state index in [1.807, 2.05) is 0 Å². The van der Waals surface area contributed by atoms with Crippen LogP contribution in [0.15, 0.2) is 48.7 Å². The van der Waals surface area contributed by atoms with Crippen LogP contribution in [0.3, 0.4) is 0 Å². The van der Waals surface area contributed by atoms with Crippen LogP contribution in [-0.4, -0.2) is 35.5 Å². The second-order valence-electron chi connectivity index (χ2n) is 4.88. The van der Waals surface area contributed by atoms with Crippen molar-refractivity contribution in [3.63, 3.8) is 0 Å². The zero-order chi connectivity index (χ0) is 14.7. The summed E-state index contributed by atoms with van der Waals surface area (Å²) in [7, 11) is 0. The van der Waals surface area contributed by atoms with E-state index in [0.717, 1.165) is 5.56 Å².